The molecule has 0 nitrogen and oxygen atoms in total. The molecule has 274 valence electrons. The summed E-state index contributed by atoms with van der Waals surface area (Å²) in [5, 5.41) is 0. The van der Waals surface area contributed by atoms with Gasteiger partial charge in [0, 0.05) is 0 Å². The second-order valence-corrected chi connectivity index (χ2v) is 49.2. The number of allylic oxidation sites excluding steroid dienone is 2. The van der Waals surface area contributed by atoms with Gasteiger partial charge in [0.15, 0.2) is 0 Å². The van der Waals surface area contributed by atoms with Gasteiger partial charge in [0.05, 0.1) is 0 Å². The normalized spacial score (nSPS) is 20.8. The fraction of sp³-hybridized carbons (Fsp3) is 0.417. The SMILES string of the molecule is CC1=Cc2c(-c3ccc(C4CCCCC4)cc3)cccc2[CH]1[Zr]([CH3])([CH3])(=[SiH2])[CH]1C(C2CCCC2)=Cc2c(-c3ccc(C(C)(C)C)cc3)cccc21.Cl.Cl. The standard InChI is InChI=1S/C24H27.C22H23.2CH3.2ClH.H2Si.Zr/c1-24(2,3)21-13-11-18(12-14-21)22-10-6-9-19-15-20(16-23(19)22)17-7-4-5-8-17;1-16-14-20-8-5-9-21(22(20)15-16)19-12-10-18(11-13-19)17-6-3-2-4-7-17;;;;;;/h6,9-17H,4-5,7-8H2,1-3H3;5,8-15,17H,2-4,6-7H2,1H3;2*1H3;2*1H;1H2;. The van der Waals surface area contributed by atoms with Crippen LogP contribution < -0.4 is 0 Å². The third kappa shape index (κ3) is 7.02. The first-order valence-electron chi connectivity index (χ1n) is 19.8. The van der Waals surface area contributed by atoms with Gasteiger partial charge >= 0.3 is 307 Å². The summed E-state index contributed by atoms with van der Waals surface area (Å²) in [7, 11) is 0. The van der Waals surface area contributed by atoms with E-state index in [1.54, 1.807) is 27.8 Å². The molecule has 0 aliphatic heterocycles. The first-order chi connectivity index (χ1) is 23.9. The second-order valence-electron chi connectivity index (χ2n) is 18.7. The van der Waals surface area contributed by atoms with Crippen LogP contribution >= 0.6 is 24.8 Å². The Balaban J connectivity index is 0.00000232. The summed E-state index contributed by atoms with van der Waals surface area (Å²) in [6.07, 6.45) is 17.7. The summed E-state index contributed by atoms with van der Waals surface area (Å²) in [4.78, 5) is 0. The van der Waals surface area contributed by atoms with E-state index >= 15 is 0 Å². The molecule has 0 N–H and O–H groups in total. The van der Waals surface area contributed by atoms with Gasteiger partial charge in [-0.3, -0.25) is 0 Å². The minimum absolute atomic E-state index is 0. The van der Waals surface area contributed by atoms with Gasteiger partial charge in [-0.2, -0.15) is 0 Å². The molecule has 0 radical (unpaired) electrons. The Morgan fingerprint density at radius 1 is 0.577 bits per heavy atom. The Hall–Kier alpha value is -1.96. The summed E-state index contributed by atoms with van der Waals surface area (Å²) in [5.74, 6) is 1.47. The van der Waals surface area contributed by atoms with Crippen LogP contribution in [0.25, 0.3) is 34.4 Å². The first-order valence-corrected chi connectivity index (χ1v) is 33.5. The van der Waals surface area contributed by atoms with E-state index < -0.39 is 17.4 Å². The van der Waals surface area contributed by atoms with Crippen molar-refractivity contribution in [1.82, 2.24) is 0 Å². The summed E-state index contributed by atoms with van der Waals surface area (Å²) >= 11 is -3.69. The smallest absolute Gasteiger partial charge is 0.147 e. The number of hydrogen-bond donors (Lipinski definition) is 0. The van der Waals surface area contributed by atoms with Gasteiger partial charge in [0.2, 0.25) is 0 Å². The van der Waals surface area contributed by atoms with Gasteiger partial charge in [0.1, 0.15) is 0 Å². The van der Waals surface area contributed by atoms with Crippen molar-refractivity contribution in [3.8, 4) is 22.3 Å². The number of hydrogen-bond acceptors (Lipinski definition) is 0. The van der Waals surface area contributed by atoms with Crippen molar-refractivity contribution >= 4 is 43.8 Å². The first kappa shape index (κ1) is 39.7. The maximum Gasteiger partial charge on any atom is -0.147 e. The van der Waals surface area contributed by atoms with Crippen LogP contribution in [0.1, 0.15) is 132 Å². The molecule has 4 aromatic carbocycles. The Morgan fingerprint density at radius 2 is 1.06 bits per heavy atom. The predicted octanol–water partition coefficient (Wildman–Crippen LogP) is 14.3. The van der Waals surface area contributed by atoms with Gasteiger partial charge in [-0.15, -0.1) is 24.8 Å². The minimum Gasteiger partial charge on any atom is -0.147 e. The van der Waals surface area contributed by atoms with Crippen LogP contribution in [0.3, 0.4) is 0 Å². The van der Waals surface area contributed by atoms with E-state index in [1.807, 2.05) is 0 Å². The third-order valence-corrected chi connectivity index (χ3v) is 31.1. The van der Waals surface area contributed by atoms with Crippen molar-refractivity contribution in [2.24, 2.45) is 5.92 Å². The summed E-state index contributed by atoms with van der Waals surface area (Å²) < 4.78 is 6.77. The van der Waals surface area contributed by atoms with Crippen molar-refractivity contribution in [3.05, 3.63) is 129 Å². The molecule has 4 heteroatoms. The molecule has 4 aromatic rings. The van der Waals surface area contributed by atoms with Gasteiger partial charge in [-0.1, -0.05) is 0 Å². The van der Waals surface area contributed by atoms with Crippen molar-refractivity contribution in [2.75, 3.05) is 0 Å². The summed E-state index contributed by atoms with van der Waals surface area (Å²) in [6, 6.07) is 33.8. The molecule has 4 aliphatic rings. The number of fused-ring (bicyclic) bond motifs is 2. The monoisotopic (exact) mass is 824 g/mol. The molecule has 8 rings (SSSR count). The molecule has 0 heterocycles. The van der Waals surface area contributed by atoms with Crippen LogP contribution in [0.15, 0.2) is 96.1 Å². The van der Waals surface area contributed by atoms with Crippen molar-refractivity contribution in [1.29, 1.82) is 0 Å². The topological polar surface area (TPSA) is 0 Å². The average molecular weight is 827 g/mol. The zero-order chi connectivity index (χ0) is 34.9. The van der Waals surface area contributed by atoms with Gasteiger partial charge in [-0.25, -0.2) is 0 Å². The van der Waals surface area contributed by atoms with Crippen LogP contribution in [0.2, 0.25) is 9.26 Å². The fourth-order valence-electron chi connectivity index (χ4n) is 11.1. The Bertz CT molecular complexity index is 2060. The predicted molar refractivity (Wildman–Crippen MR) is 232 cm³/mol. The van der Waals surface area contributed by atoms with E-state index in [4.69, 9.17) is 0 Å². The number of benzene rings is 4. The molecule has 52 heavy (non-hydrogen) atoms. The molecule has 0 aromatic heterocycles. The zero-order valence-corrected chi connectivity index (χ0v) is 37.9. The third-order valence-electron chi connectivity index (χ3n) is 13.5. The molecule has 4 aliphatic carbocycles. The largest absolute Gasteiger partial charge is 0.147 e. The minimum atomic E-state index is -3.69. The van der Waals surface area contributed by atoms with Gasteiger partial charge in [0.25, 0.3) is 0 Å². The van der Waals surface area contributed by atoms with E-state index in [9.17, 15) is 0 Å². The molecule has 0 saturated heterocycles. The number of rotatable bonds is 6. The molecule has 0 bridgehead atoms. The molecule has 2 saturated carbocycles. The van der Waals surface area contributed by atoms with E-state index in [0.29, 0.717) is 7.25 Å². The quantitative estimate of drug-likeness (QED) is 0.170. The van der Waals surface area contributed by atoms with E-state index in [2.05, 4.69) is 141 Å². The molecule has 2 fully saturated rings. The maximum atomic E-state index is 2.83. The van der Waals surface area contributed by atoms with Crippen LogP contribution in [0.4, 0.5) is 0 Å². The Morgan fingerprint density at radius 3 is 1.62 bits per heavy atom. The maximum absolute atomic E-state index is 3.69. The molecule has 0 amide bonds. The van der Waals surface area contributed by atoms with Gasteiger partial charge in [-0.05, 0) is 0 Å². The molecule has 2 atom stereocenters. The summed E-state index contributed by atoms with van der Waals surface area (Å²) in [6.45, 7) is 11.9. The number of halogens is 2. The second kappa shape index (κ2) is 14.9. The van der Waals surface area contributed by atoms with Crippen molar-refractivity contribution in [2.45, 2.75) is 113 Å². The Labute approximate surface area is 329 Å². The molecular formula is C48H60Cl2SiZr. The van der Waals surface area contributed by atoms with Crippen LogP contribution in [0.5, 0.6) is 0 Å². The zero-order valence-electron chi connectivity index (χ0n) is 32.4. The van der Waals surface area contributed by atoms with Gasteiger partial charge < -0.3 is 0 Å². The molecule has 0 spiro atoms. The van der Waals surface area contributed by atoms with Crippen molar-refractivity contribution < 1.29 is 17.4 Å². The van der Waals surface area contributed by atoms with E-state index in [1.165, 1.54) is 96.7 Å². The average Bonchev–Trinajstić information content (AvgIpc) is 3.86. The molecular weight excluding hydrogens is 767 g/mol. The molecule has 2 unspecified atom stereocenters. The Kier molecular flexibility index (Phi) is 11.4. The van der Waals surface area contributed by atoms with Crippen LogP contribution in [-0.2, 0) is 22.8 Å². The van der Waals surface area contributed by atoms with Crippen LogP contribution in [-0.4, -0.2) is 6.88 Å². The van der Waals surface area contributed by atoms with Crippen molar-refractivity contribution in [3.63, 3.8) is 0 Å². The summed E-state index contributed by atoms with van der Waals surface area (Å²) in [5.41, 5.74) is 18.3. The van der Waals surface area contributed by atoms with Crippen LogP contribution in [0, 0.1) is 5.92 Å². The van der Waals surface area contributed by atoms with E-state index in [0.717, 1.165) is 11.8 Å². The van der Waals surface area contributed by atoms with E-state index in [-0.39, 0.29) is 30.2 Å². The fourth-order valence-corrected chi connectivity index (χ4v) is 31.4.